The minimum absolute atomic E-state index is 0.0837. The van der Waals surface area contributed by atoms with Crippen molar-refractivity contribution in [2.45, 2.75) is 24.9 Å². The van der Waals surface area contributed by atoms with Crippen LogP contribution in [-0.2, 0) is 20.9 Å². The van der Waals surface area contributed by atoms with E-state index >= 15 is 0 Å². The first-order valence-electron chi connectivity index (χ1n) is 8.84. The lowest BCUT2D eigenvalue weighted by Crippen LogP contribution is -2.76. The standard InChI is InChI=1S/C19H19N3O4S2/c1-13(23)22(14-6-5-9-27-14)15-16(24)21-11-19(18(25)26,12-28-17(15)21)10-20-7-3-2-4-8-20/h2-9,15,17H,10-12H2,1H3/t15?,17-,19?/m1/s1. The Bertz CT molecular complexity index is 905. The second kappa shape index (κ2) is 7.21. The molecule has 0 bridgehead atoms. The number of hydrogen-bond acceptors (Lipinski definition) is 6. The van der Waals surface area contributed by atoms with Gasteiger partial charge >= 0.3 is 0 Å². The number of anilines is 1. The number of fused-ring (bicyclic) bond motifs is 1. The number of nitrogens with zero attached hydrogens (tertiary/aromatic N) is 3. The van der Waals surface area contributed by atoms with E-state index in [1.807, 2.05) is 35.7 Å². The molecule has 2 amide bonds. The van der Waals surface area contributed by atoms with E-state index in [9.17, 15) is 19.5 Å². The van der Waals surface area contributed by atoms with Crippen molar-refractivity contribution in [2.75, 3.05) is 17.2 Å². The van der Waals surface area contributed by atoms with Gasteiger partial charge in [-0.3, -0.25) is 14.5 Å². The highest BCUT2D eigenvalue weighted by Gasteiger charge is 2.58. The number of rotatable bonds is 5. The fourth-order valence-electron chi connectivity index (χ4n) is 3.78. The second-order valence-electron chi connectivity index (χ2n) is 7.07. The van der Waals surface area contributed by atoms with Crippen molar-refractivity contribution in [2.24, 2.45) is 5.41 Å². The van der Waals surface area contributed by atoms with Crippen LogP contribution in [0.3, 0.4) is 0 Å². The second-order valence-corrected chi connectivity index (χ2v) is 9.10. The van der Waals surface area contributed by atoms with Crippen LogP contribution < -0.4 is 14.6 Å². The molecule has 2 aromatic rings. The van der Waals surface area contributed by atoms with E-state index < -0.39 is 17.4 Å². The third-order valence-corrected chi connectivity index (χ3v) is 7.61. The zero-order valence-electron chi connectivity index (χ0n) is 15.2. The van der Waals surface area contributed by atoms with E-state index in [0.29, 0.717) is 5.75 Å². The lowest BCUT2D eigenvalue weighted by molar-refractivity contribution is -0.707. The average molecular weight is 418 g/mol. The highest BCUT2D eigenvalue weighted by molar-refractivity contribution is 8.00. The Morgan fingerprint density at radius 1 is 1.32 bits per heavy atom. The molecule has 2 saturated heterocycles. The van der Waals surface area contributed by atoms with E-state index in [1.54, 1.807) is 21.9 Å². The van der Waals surface area contributed by atoms with Crippen molar-refractivity contribution in [3.63, 3.8) is 0 Å². The molecule has 2 aliphatic heterocycles. The van der Waals surface area contributed by atoms with E-state index in [4.69, 9.17) is 0 Å². The summed E-state index contributed by atoms with van der Waals surface area (Å²) in [5.41, 5.74) is -1.17. The SMILES string of the molecule is CC(=O)N(c1cccs1)C1C(=O)N2CC(C[n+]3ccccc3)(C(=O)[O-])CS[C@H]12. The average Bonchev–Trinajstić information content (AvgIpc) is 3.20. The molecule has 146 valence electrons. The molecule has 0 N–H and O–H groups in total. The Kier molecular flexibility index (Phi) is 4.88. The number of thioether (sulfide) groups is 1. The number of aliphatic carboxylic acids is 1. The van der Waals surface area contributed by atoms with Gasteiger partial charge in [0.25, 0.3) is 0 Å². The number of carbonyl (C=O) groups is 3. The number of amides is 2. The zero-order chi connectivity index (χ0) is 19.9. The predicted octanol–water partition coefficient (Wildman–Crippen LogP) is 0.109. The van der Waals surface area contributed by atoms with Crippen molar-refractivity contribution in [3.05, 3.63) is 48.1 Å². The Hall–Kier alpha value is -2.39. The van der Waals surface area contributed by atoms with Crippen LogP contribution in [0.5, 0.6) is 0 Å². The summed E-state index contributed by atoms with van der Waals surface area (Å²) in [6.07, 6.45) is 3.60. The van der Waals surface area contributed by atoms with Gasteiger partial charge in [-0.2, -0.15) is 0 Å². The fraction of sp³-hybridized carbons (Fsp3) is 0.368. The van der Waals surface area contributed by atoms with Gasteiger partial charge in [-0.25, -0.2) is 4.57 Å². The first-order valence-corrected chi connectivity index (χ1v) is 10.8. The predicted molar refractivity (Wildman–Crippen MR) is 103 cm³/mol. The summed E-state index contributed by atoms with van der Waals surface area (Å²) in [6.45, 7) is 1.76. The minimum atomic E-state index is -1.17. The molecule has 2 aromatic heterocycles. The molecule has 4 rings (SSSR count). The maximum absolute atomic E-state index is 12.9. The van der Waals surface area contributed by atoms with Gasteiger partial charge < -0.3 is 14.8 Å². The first-order chi connectivity index (χ1) is 13.4. The van der Waals surface area contributed by atoms with E-state index in [-0.39, 0.29) is 30.3 Å². The van der Waals surface area contributed by atoms with Crippen LogP contribution in [-0.4, -0.2) is 46.4 Å². The molecule has 0 aromatic carbocycles. The van der Waals surface area contributed by atoms with Crippen molar-refractivity contribution in [1.29, 1.82) is 0 Å². The third kappa shape index (κ3) is 3.08. The van der Waals surface area contributed by atoms with Crippen LogP contribution in [0.4, 0.5) is 5.00 Å². The number of thiophene rings is 1. The summed E-state index contributed by atoms with van der Waals surface area (Å²) < 4.78 is 1.80. The summed E-state index contributed by atoms with van der Waals surface area (Å²) in [4.78, 5) is 40.3. The van der Waals surface area contributed by atoms with Crippen molar-refractivity contribution < 1.29 is 24.1 Å². The Balaban J connectivity index is 1.56. The fourth-order valence-corrected chi connectivity index (χ4v) is 6.16. The Labute approximate surface area is 170 Å². The number of β-lactam (4-membered cyclic amide) rings is 1. The molecule has 2 fully saturated rings. The molecule has 3 atom stereocenters. The molecule has 9 heteroatoms. The summed E-state index contributed by atoms with van der Waals surface area (Å²) >= 11 is 2.81. The molecule has 2 unspecified atom stereocenters. The van der Waals surface area contributed by atoms with Gasteiger partial charge in [0.15, 0.2) is 18.9 Å². The van der Waals surface area contributed by atoms with Crippen LogP contribution in [0.1, 0.15) is 6.92 Å². The lowest BCUT2D eigenvalue weighted by atomic mass is 9.86. The highest BCUT2D eigenvalue weighted by atomic mass is 32.2. The molecule has 0 aliphatic carbocycles. The van der Waals surface area contributed by atoms with E-state index in [1.165, 1.54) is 34.9 Å². The maximum atomic E-state index is 12.9. The quantitative estimate of drug-likeness (QED) is 0.509. The van der Waals surface area contributed by atoms with Gasteiger partial charge in [0.1, 0.15) is 11.4 Å². The minimum Gasteiger partial charge on any atom is -0.549 e. The molecule has 28 heavy (non-hydrogen) atoms. The first kappa shape index (κ1) is 18.9. The summed E-state index contributed by atoms with van der Waals surface area (Å²) in [5.74, 6) is -1.26. The number of carboxylic acids is 1. The molecule has 2 aliphatic rings. The molecular formula is C19H19N3O4S2. The number of carbonyl (C=O) groups excluding carboxylic acids is 3. The summed E-state index contributed by atoms with van der Waals surface area (Å²) in [5, 5.41) is 14.4. The lowest BCUT2D eigenvalue weighted by Gasteiger charge is -2.56. The third-order valence-electron chi connectivity index (χ3n) is 5.17. The smallest absolute Gasteiger partial charge is 0.249 e. The van der Waals surface area contributed by atoms with Gasteiger partial charge in [0.2, 0.25) is 11.8 Å². The molecule has 7 nitrogen and oxygen atoms in total. The van der Waals surface area contributed by atoms with Crippen LogP contribution in [0.15, 0.2) is 48.1 Å². The summed E-state index contributed by atoms with van der Waals surface area (Å²) in [6, 6.07) is 8.58. The van der Waals surface area contributed by atoms with E-state index in [2.05, 4.69) is 0 Å². The van der Waals surface area contributed by atoms with Crippen LogP contribution in [0.25, 0.3) is 0 Å². The van der Waals surface area contributed by atoms with Gasteiger partial charge in [0.05, 0.1) is 16.4 Å². The van der Waals surface area contributed by atoms with Crippen LogP contribution >= 0.6 is 23.1 Å². The Morgan fingerprint density at radius 3 is 2.68 bits per heavy atom. The van der Waals surface area contributed by atoms with Crippen molar-refractivity contribution in [1.82, 2.24) is 4.90 Å². The van der Waals surface area contributed by atoms with Crippen LogP contribution in [0, 0.1) is 5.41 Å². The van der Waals surface area contributed by atoms with E-state index in [0.717, 1.165) is 5.00 Å². The van der Waals surface area contributed by atoms with Gasteiger partial charge in [-0.15, -0.1) is 23.1 Å². The number of hydrogen-bond donors (Lipinski definition) is 0. The zero-order valence-corrected chi connectivity index (χ0v) is 16.8. The molecule has 0 saturated carbocycles. The monoisotopic (exact) mass is 417 g/mol. The largest absolute Gasteiger partial charge is 0.549 e. The summed E-state index contributed by atoms with van der Waals surface area (Å²) in [7, 11) is 0. The Morgan fingerprint density at radius 2 is 2.07 bits per heavy atom. The topological polar surface area (TPSA) is 84.6 Å². The van der Waals surface area contributed by atoms with Gasteiger partial charge in [0, 0.05) is 31.4 Å². The molecular weight excluding hydrogens is 398 g/mol. The van der Waals surface area contributed by atoms with Gasteiger partial charge in [-0.1, -0.05) is 6.07 Å². The molecule has 4 heterocycles. The number of carboxylic acid groups (broad SMARTS) is 1. The van der Waals surface area contributed by atoms with Crippen LogP contribution in [0.2, 0.25) is 0 Å². The normalized spacial score (nSPS) is 26.3. The molecule has 0 spiro atoms. The maximum Gasteiger partial charge on any atom is 0.249 e. The highest BCUT2D eigenvalue weighted by Crippen LogP contribution is 2.45. The van der Waals surface area contributed by atoms with Crippen molar-refractivity contribution in [3.8, 4) is 0 Å². The molecule has 0 radical (unpaired) electrons. The number of pyridine rings is 1. The van der Waals surface area contributed by atoms with Crippen molar-refractivity contribution >= 4 is 45.9 Å². The van der Waals surface area contributed by atoms with Gasteiger partial charge in [-0.05, 0) is 17.5 Å². The number of aromatic nitrogens is 1.